The van der Waals surface area contributed by atoms with Crippen LogP contribution in [0.3, 0.4) is 0 Å². The highest BCUT2D eigenvalue weighted by molar-refractivity contribution is 5.60. The van der Waals surface area contributed by atoms with E-state index in [1.807, 2.05) is 0 Å². The zero-order valence-corrected chi connectivity index (χ0v) is 7.54. The van der Waals surface area contributed by atoms with E-state index in [2.05, 4.69) is 11.7 Å². The standard InChI is InChI=1S/C9H16O3/c1-2-3-4-5-8-6-7-11-9(10)12-8/h8H,2-7H2,1H3. The fraction of sp³-hybridized carbons (Fsp3) is 0.889. The van der Waals surface area contributed by atoms with Crippen molar-refractivity contribution < 1.29 is 14.3 Å². The molecule has 1 aliphatic heterocycles. The Morgan fingerprint density at radius 3 is 3.00 bits per heavy atom. The summed E-state index contributed by atoms with van der Waals surface area (Å²) in [5, 5.41) is 0. The minimum absolute atomic E-state index is 0.109. The van der Waals surface area contributed by atoms with Gasteiger partial charge >= 0.3 is 6.16 Å². The average molecular weight is 172 g/mol. The van der Waals surface area contributed by atoms with Crippen LogP contribution in [0.1, 0.15) is 39.0 Å². The van der Waals surface area contributed by atoms with Crippen LogP contribution < -0.4 is 0 Å². The molecular weight excluding hydrogens is 156 g/mol. The van der Waals surface area contributed by atoms with Crippen molar-refractivity contribution in [3.63, 3.8) is 0 Å². The van der Waals surface area contributed by atoms with Gasteiger partial charge in [-0.1, -0.05) is 19.8 Å². The number of carbonyl (C=O) groups excluding carboxylic acids is 1. The molecule has 0 radical (unpaired) electrons. The molecule has 3 nitrogen and oxygen atoms in total. The molecule has 0 saturated carbocycles. The van der Waals surface area contributed by atoms with Gasteiger partial charge in [-0.25, -0.2) is 4.79 Å². The molecule has 1 fully saturated rings. The molecule has 70 valence electrons. The highest BCUT2D eigenvalue weighted by atomic mass is 16.7. The van der Waals surface area contributed by atoms with Crippen LogP contribution in [0.2, 0.25) is 0 Å². The van der Waals surface area contributed by atoms with Crippen LogP contribution in [0.4, 0.5) is 4.79 Å². The maximum atomic E-state index is 10.7. The molecule has 0 spiro atoms. The molecule has 0 amide bonds. The predicted octanol–water partition coefficient (Wildman–Crippen LogP) is 2.49. The second-order valence-electron chi connectivity index (χ2n) is 3.12. The van der Waals surface area contributed by atoms with Crippen LogP contribution in [-0.2, 0) is 9.47 Å². The summed E-state index contributed by atoms with van der Waals surface area (Å²) in [6.45, 7) is 2.69. The summed E-state index contributed by atoms with van der Waals surface area (Å²) >= 11 is 0. The number of unbranched alkanes of at least 4 members (excludes halogenated alkanes) is 2. The van der Waals surface area contributed by atoms with E-state index in [0.717, 1.165) is 19.3 Å². The van der Waals surface area contributed by atoms with E-state index in [-0.39, 0.29) is 6.10 Å². The third-order valence-corrected chi connectivity index (χ3v) is 2.05. The van der Waals surface area contributed by atoms with Gasteiger partial charge in [-0.3, -0.25) is 0 Å². The Kier molecular flexibility index (Phi) is 3.91. The first kappa shape index (κ1) is 9.36. The lowest BCUT2D eigenvalue weighted by Crippen LogP contribution is -2.27. The molecule has 0 aromatic rings. The SMILES string of the molecule is CCCCCC1CCOC(=O)O1. The van der Waals surface area contributed by atoms with Crippen molar-refractivity contribution in [1.82, 2.24) is 0 Å². The minimum atomic E-state index is -0.497. The lowest BCUT2D eigenvalue weighted by molar-refractivity contribution is -0.0257. The van der Waals surface area contributed by atoms with Gasteiger partial charge < -0.3 is 9.47 Å². The molecule has 0 bridgehead atoms. The second kappa shape index (κ2) is 5.01. The Hall–Kier alpha value is -0.730. The smallest absolute Gasteiger partial charge is 0.434 e. The van der Waals surface area contributed by atoms with Gasteiger partial charge in [0.2, 0.25) is 0 Å². The first-order valence-electron chi connectivity index (χ1n) is 4.66. The Bertz CT molecular complexity index is 145. The van der Waals surface area contributed by atoms with Crippen LogP contribution in [0.5, 0.6) is 0 Å². The zero-order valence-electron chi connectivity index (χ0n) is 7.54. The summed E-state index contributed by atoms with van der Waals surface area (Å²) in [6.07, 6.45) is 5.03. The largest absolute Gasteiger partial charge is 0.508 e. The topological polar surface area (TPSA) is 35.5 Å². The van der Waals surface area contributed by atoms with E-state index in [9.17, 15) is 4.79 Å². The molecule has 1 saturated heterocycles. The van der Waals surface area contributed by atoms with Gasteiger partial charge in [-0.05, 0) is 12.8 Å². The maximum absolute atomic E-state index is 10.7. The summed E-state index contributed by atoms with van der Waals surface area (Å²) in [4.78, 5) is 10.7. The molecule has 3 heteroatoms. The Balaban J connectivity index is 2.10. The summed E-state index contributed by atoms with van der Waals surface area (Å²) in [6, 6.07) is 0. The number of cyclic esters (lactones) is 2. The number of hydrogen-bond donors (Lipinski definition) is 0. The van der Waals surface area contributed by atoms with E-state index in [4.69, 9.17) is 4.74 Å². The number of ether oxygens (including phenoxy) is 2. The zero-order chi connectivity index (χ0) is 8.81. The molecule has 1 aliphatic rings. The Morgan fingerprint density at radius 2 is 2.33 bits per heavy atom. The van der Waals surface area contributed by atoms with Crippen LogP contribution in [-0.4, -0.2) is 18.9 Å². The van der Waals surface area contributed by atoms with Crippen LogP contribution in [0.15, 0.2) is 0 Å². The maximum Gasteiger partial charge on any atom is 0.508 e. The molecule has 1 unspecified atom stereocenters. The summed E-state index contributed by atoms with van der Waals surface area (Å²) < 4.78 is 9.62. The van der Waals surface area contributed by atoms with E-state index in [0.29, 0.717) is 6.61 Å². The number of rotatable bonds is 4. The molecule has 1 rings (SSSR count). The fourth-order valence-electron chi connectivity index (χ4n) is 1.33. The normalized spacial score (nSPS) is 23.1. The molecular formula is C9H16O3. The van der Waals surface area contributed by atoms with Gasteiger partial charge in [0.15, 0.2) is 0 Å². The third kappa shape index (κ3) is 3.11. The van der Waals surface area contributed by atoms with Crippen molar-refractivity contribution >= 4 is 6.16 Å². The van der Waals surface area contributed by atoms with Gasteiger partial charge in [0.05, 0.1) is 6.61 Å². The van der Waals surface area contributed by atoms with Gasteiger partial charge in [0, 0.05) is 6.42 Å². The van der Waals surface area contributed by atoms with Crippen molar-refractivity contribution in [2.45, 2.75) is 45.1 Å². The number of carbonyl (C=O) groups is 1. The van der Waals surface area contributed by atoms with Gasteiger partial charge in [-0.15, -0.1) is 0 Å². The van der Waals surface area contributed by atoms with Crippen molar-refractivity contribution in [3.05, 3.63) is 0 Å². The second-order valence-corrected chi connectivity index (χ2v) is 3.12. The first-order chi connectivity index (χ1) is 5.83. The van der Waals surface area contributed by atoms with E-state index in [1.165, 1.54) is 12.8 Å². The van der Waals surface area contributed by atoms with Crippen LogP contribution in [0.25, 0.3) is 0 Å². The summed E-state index contributed by atoms with van der Waals surface area (Å²) in [7, 11) is 0. The number of hydrogen-bond acceptors (Lipinski definition) is 3. The molecule has 0 N–H and O–H groups in total. The monoisotopic (exact) mass is 172 g/mol. The van der Waals surface area contributed by atoms with Crippen LogP contribution in [0, 0.1) is 0 Å². The van der Waals surface area contributed by atoms with Crippen molar-refractivity contribution in [1.29, 1.82) is 0 Å². The average Bonchev–Trinajstić information content (AvgIpc) is 2.05. The summed E-state index contributed by atoms with van der Waals surface area (Å²) in [5.41, 5.74) is 0. The molecule has 12 heavy (non-hydrogen) atoms. The van der Waals surface area contributed by atoms with E-state index < -0.39 is 6.16 Å². The Morgan fingerprint density at radius 1 is 1.50 bits per heavy atom. The van der Waals surface area contributed by atoms with Gasteiger partial charge in [0.1, 0.15) is 6.10 Å². The molecule has 0 aromatic heterocycles. The van der Waals surface area contributed by atoms with Crippen molar-refractivity contribution in [2.75, 3.05) is 6.61 Å². The van der Waals surface area contributed by atoms with Gasteiger partial charge in [0.25, 0.3) is 0 Å². The van der Waals surface area contributed by atoms with Crippen molar-refractivity contribution in [2.24, 2.45) is 0 Å². The molecule has 1 heterocycles. The van der Waals surface area contributed by atoms with E-state index in [1.54, 1.807) is 0 Å². The predicted molar refractivity (Wildman–Crippen MR) is 45.0 cm³/mol. The lowest BCUT2D eigenvalue weighted by Gasteiger charge is -2.21. The first-order valence-corrected chi connectivity index (χ1v) is 4.66. The quantitative estimate of drug-likeness (QED) is 0.482. The van der Waals surface area contributed by atoms with E-state index >= 15 is 0 Å². The fourth-order valence-corrected chi connectivity index (χ4v) is 1.33. The van der Waals surface area contributed by atoms with Gasteiger partial charge in [-0.2, -0.15) is 0 Å². The lowest BCUT2D eigenvalue weighted by atomic mass is 10.1. The minimum Gasteiger partial charge on any atom is -0.434 e. The van der Waals surface area contributed by atoms with Crippen LogP contribution >= 0.6 is 0 Å². The Labute approximate surface area is 73.0 Å². The molecule has 0 aliphatic carbocycles. The molecule has 1 atom stereocenters. The highest BCUT2D eigenvalue weighted by Crippen LogP contribution is 2.14. The summed E-state index contributed by atoms with van der Waals surface area (Å²) in [5.74, 6) is 0. The van der Waals surface area contributed by atoms with Crippen molar-refractivity contribution in [3.8, 4) is 0 Å². The third-order valence-electron chi connectivity index (χ3n) is 2.05. The molecule has 0 aromatic carbocycles. The highest BCUT2D eigenvalue weighted by Gasteiger charge is 2.20.